The summed E-state index contributed by atoms with van der Waals surface area (Å²) in [6.07, 6.45) is 1.84. The maximum Gasteiger partial charge on any atom is 0.319 e. The molecule has 1 N–H and O–H groups in total. The molecule has 0 bridgehead atoms. The molecule has 1 heterocycles. The van der Waals surface area contributed by atoms with Crippen LogP contribution in [0.3, 0.4) is 0 Å². The van der Waals surface area contributed by atoms with Crippen molar-refractivity contribution in [2.75, 3.05) is 0 Å². The van der Waals surface area contributed by atoms with Crippen molar-refractivity contribution in [1.29, 1.82) is 0 Å². The van der Waals surface area contributed by atoms with Gasteiger partial charge in [0.05, 0.1) is 0 Å². The Kier molecular flexibility index (Phi) is 1.73. The van der Waals surface area contributed by atoms with E-state index < -0.39 is 9.04 Å². The minimum atomic E-state index is -1.42. The van der Waals surface area contributed by atoms with Crippen LogP contribution in [0, 0.1) is 0 Å². The molecule has 0 saturated heterocycles. The average Bonchev–Trinajstić information content (AvgIpc) is 2.47. The third-order valence-corrected chi connectivity index (χ3v) is 2.66. The van der Waals surface area contributed by atoms with Gasteiger partial charge in [-0.25, -0.2) is 0 Å². The second-order valence-corrected chi connectivity index (χ2v) is 3.43. The fraction of sp³-hybridized carbons (Fsp3) is 0.333. The van der Waals surface area contributed by atoms with Gasteiger partial charge in [-0.05, 0) is 13.8 Å². The molecule has 1 rings (SSSR count). The largest absolute Gasteiger partial charge is 0.462 e. The Morgan fingerprint density at radius 3 is 2.56 bits per heavy atom. The molecule has 3 heteroatoms. The lowest BCUT2D eigenvalue weighted by atomic mass is 10.8. The average molecular weight is 141 g/mol. The molecule has 9 heavy (non-hydrogen) atoms. The summed E-state index contributed by atoms with van der Waals surface area (Å²) in [7, 11) is -1.42. The molecule has 0 unspecified atom stereocenters. The van der Waals surface area contributed by atoms with E-state index in [9.17, 15) is 4.80 Å². The number of ether oxygens (including phenoxy) is 1. The van der Waals surface area contributed by atoms with Crippen LogP contribution in [0.2, 0.25) is 0 Å². The predicted molar refractivity (Wildman–Crippen MR) is 36.6 cm³/mol. The third-order valence-electron chi connectivity index (χ3n) is 1.09. The quantitative estimate of drug-likeness (QED) is 0.579. The zero-order valence-electron chi connectivity index (χ0n) is 5.51. The SMILES string of the molecule is C/C=C/[Si](O)C1=C(C)O1. The van der Waals surface area contributed by atoms with Gasteiger partial charge in [0.25, 0.3) is 0 Å². The summed E-state index contributed by atoms with van der Waals surface area (Å²) in [4.78, 5) is 9.19. The van der Waals surface area contributed by atoms with Crippen molar-refractivity contribution in [2.45, 2.75) is 13.8 Å². The van der Waals surface area contributed by atoms with E-state index in [-0.39, 0.29) is 0 Å². The van der Waals surface area contributed by atoms with Gasteiger partial charge in [0.2, 0.25) is 0 Å². The van der Waals surface area contributed by atoms with Gasteiger partial charge in [0.15, 0.2) is 5.38 Å². The smallest absolute Gasteiger partial charge is 0.319 e. The monoisotopic (exact) mass is 141 g/mol. The van der Waals surface area contributed by atoms with Crippen LogP contribution in [0.4, 0.5) is 0 Å². The first kappa shape index (κ1) is 6.58. The van der Waals surface area contributed by atoms with Crippen LogP contribution in [0.1, 0.15) is 13.8 Å². The summed E-state index contributed by atoms with van der Waals surface area (Å²) in [5.74, 6) is 0.893. The maximum atomic E-state index is 9.19. The van der Waals surface area contributed by atoms with Crippen molar-refractivity contribution in [2.24, 2.45) is 0 Å². The van der Waals surface area contributed by atoms with E-state index in [1.807, 2.05) is 19.9 Å². The number of hydrogen-bond acceptors (Lipinski definition) is 2. The number of rotatable bonds is 2. The lowest BCUT2D eigenvalue weighted by Gasteiger charge is -1.86. The molecule has 49 valence electrons. The molecule has 0 fully saturated rings. The molecule has 2 nitrogen and oxygen atoms in total. The molecule has 1 radical (unpaired) electrons. The van der Waals surface area contributed by atoms with E-state index in [1.54, 1.807) is 5.70 Å². The van der Waals surface area contributed by atoms with Gasteiger partial charge in [-0.3, -0.25) is 0 Å². The molecule has 0 aromatic heterocycles. The fourth-order valence-corrected chi connectivity index (χ4v) is 1.68. The zero-order valence-corrected chi connectivity index (χ0v) is 6.51. The lowest BCUT2D eigenvalue weighted by Crippen LogP contribution is -2.06. The minimum Gasteiger partial charge on any atom is -0.462 e. The fourth-order valence-electron chi connectivity index (χ4n) is 0.594. The summed E-state index contributed by atoms with van der Waals surface area (Å²) in [6.45, 7) is 3.75. The van der Waals surface area contributed by atoms with Crippen LogP contribution in [0.25, 0.3) is 0 Å². The molecule has 1 aliphatic heterocycles. The highest BCUT2D eigenvalue weighted by atomic mass is 28.3. The van der Waals surface area contributed by atoms with Crippen LogP contribution >= 0.6 is 0 Å². The van der Waals surface area contributed by atoms with E-state index >= 15 is 0 Å². The molecular weight excluding hydrogens is 132 g/mol. The topological polar surface area (TPSA) is 32.8 Å². The first-order chi connectivity index (χ1) is 4.25. The van der Waals surface area contributed by atoms with Crippen LogP contribution in [-0.2, 0) is 4.74 Å². The molecule has 0 spiro atoms. The molecule has 0 aliphatic carbocycles. The molecule has 0 aromatic carbocycles. The van der Waals surface area contributed by atoms with E-state index in [0.717, 1.165) is 11.1 Å². The first-order valence-corrected chi connectivity index (χ1v) is 4.36. The van der Waals surface area contributed by atoms with Gasteiger partial charge in [-0.1, -0.05) is 11.8 Å². The standard InChI is InChI=1S/C6H9O2Si/c1-3-4-9(7)6-5(2)8-6/h3-4,7H,1-2H3/b4-3+. The predicted octanol–water partition coefficient (Wildman–Crippen LogP) is 0.886. The zero-order chi connectivity index (χ0) is 6.85. The Morgan fingerprint density at radius 2 is 2.22 bits per heavy atom. The normalized spacial score (nSPS) is 17.3. The lowest BCUT2D eigenvalue weighted by molar-refractivity contribution is 0.472. The third kappa shape index (κ3) is 1.43. The van der Waals surface area contributed by atoms with Gasteiger partial charge < -0.3 is 9.53 Å². The first-order valence-electron chi connectivity index (χ1n) is 2.83. The van der Waals surface area contributed by atoms with Gasteiger partial charge >= 0.3 is 9.04 Å². The van der Waals surface area contributed by atoms with Crippen molar-refractivity contribution in [3.8, 4) is 0 Å². The van der Waals surface area contributed by atoms with Crippen LogP contribution in [0.5, 0.6) is 0 Å². The van der Waals surface area contributed by atoms with Crippen molar-refractivity contribution >= 4 is 9.04 Å². The molecule has 1 aliphatic rings. The second-order valence-electron chi connectivity index (χ2n) is 1.87. The Labute approximate surface area is 56.2 Å². The number of allylic oxidation sites excluding steroid dienone is 2. The summed E-state index contributed by atoms with van der Waals surface area (Å²) in [6, 6.07) is 0. The summed E-state index contributed by atoms with van der Waals surface area (Å²) in [5.41, 5.74) is 1.79. The molecule has 0 amide bonds. The van der Waals surface area contributed by atoms with Gasteiger partial charge in [-0.2, -0.15) is 0 Å². The van der Waals surface area contributed by atoms with E-state index in [4.69, 9.17) is 4.74 Å². The van der Waals surface area contributed by atoms with Gasteiger partial charge in [-0.15, -0.1) is 0 Å². The van der Waals surface area contributed by atoms with Crippen LogP contribution in [0.15, 0.2) is 22.9 Å². The van der Waals surface area contributed by atoms with Crippen molar-refractivity contribution in [3.05, 3.63) is 22.9 Å². The molecular formula is C6H9O2Si. The van der Waals surface area contributed by atoms with E-state index in [1.165, 1.54) is 0 Å². The summed E-state index contributed by atoms with van der Waals surface area (Å²) in [5, 5.41) is 0.804. The summed E-state index contributed by atoms with van der Waals surface area (Å²) < 4.78 is 4.91. The molecule has 0 saturated carbocycles. The molecule has 0 atom stereocenters. The number of hydrogen-bond donors (Lipinski definition) is 1. The van der Waals surface area contributed by atoms with Gasteiger partial charge in [0.1, 0.15) is 5.76 Å². The van der Waals surface area contributed by atoms with Crippen LogP contribution in [-0.4, -0.2) is 13.8 Å². The van der Waals surface area contributed by atoms with Crippen molar-refractivity contribution in [1.82, 2.24) is 0 Å². The summed E-state index contributed by atoms with van der Waals surface area (Å²) >= 11 is 0. The van der Waals surface area contributed by atoms with Crippen molar-refractivity contribution in [3.63, 3.8) is 0 Å². The Hall–Kier alpha value is -0.543. The highest BCUT2D eigenvalue weighted by molar-refractivity contribution is 6.64. The second kappa shape index (κ2) is 2.37. The van der Waals surface area contributed by atoms with E-state index in [2.05, 4.69) is 0 Å². The van der Waals surface area contributed by atoms with E-state index in [0.29, 0.717) is 0 Å². The molecule has 0 aromatic rings. The Bertz CT molecular complexity index is 172. The highest BCUT2D eigenvalue weighted by Crippen LogP contribution is 2.26. The minimum absolute atomic E-state index is 0.804. The highest BCUT2D eigenvalue weighted by Gasteiger charge is 2.28. The Balaban J connectivity index is 2.45. The maximum absolute atomic E-state index is 9.19. The van der Waals surface area contributed by atoms with Gasteiger partial charge in [0, 0.05) is 0 Å². The Morgan fingerprint density at radius 1 is 1.67 bits per heavy atom. The van der Waals surface area contributed by atoms with Crippen LogP contribution < -0.4 is 0 Å². The van der Waals surface area contributed by atoms with Crippen molar-refractivity contribution < 1.29 is 9.53 Å².